The van der Waals surface area contributed by atoms with Crippen LogP contribution < -0.4 is 4.90 Å². The summed E-state index contributed by atoms with van der Waals surface area (Å²) >= 11 is 0. The number of hydrogen-bond donors (Lipinski definition) is 0. The first-order valence-electron chi connectivity index (χ1n) is 4.08. The van der Waals surface area contributed by atoms with Crippen molar-refractivity contribution >= 4 is 5.69 Å². The van der Waals surface area contributed by atoms with Crippen LogP contribution in [-0.2, 0) is 0 Å². The van der Waals surface area contributed by atoms with Crippen molar-refractivity contribution in [2.45, 2.75) is 0 Å². The second kappa shape index (κ2) is 3.39. The number of hydrogen-bond acceptors (Lipinski definition) is 2. The molecule has 0 radical (unpaired) electrons. The van der Waals surface area contributed by atoms with Gasteiger partial charge in [-0.2, -0.15) is 4.39 Å². The summed E-state index contributed by atoms with van der Waals surface area (Å²) in [5.74, 6) is -0.444. The fourth-order valence-electron chi connectivity index (χ4n) is 1.23. The van der Waals surface area contributed by atoms with Crippen molar-refractivity contribution in [3.05, 3.63) is 48.7 Å². The SMILES string of the molecule is Fc1cc(N2C=CC=CC2)ccn1. The van der Waals surface area contributed by atoms with Crippen LogP contribution in [0.3, 0.4) is 0 Å². The summed E-state index contributed by atoms with van der Waals surface area (Å²) < 4.78 is 12.7. The lowest BCUT2D eigenvalue weighted by Gasteiger charge is -2.19. The van der Waals surface area contributed by atoms with Gasteiger partial charge in [-0.25, -0.2) is 4.98 Å². The number of anilines is 1. The van der Waals surface area contributed by atoms with Gasteiger partial charge < -0.3 is 4.90 Å². The van der Waals surface area contributed by atoms with Crippen molar-refractivity contribution in [2.75, 3.05) is 11.4 Å². The van der Waals surface area contributed by atoms with E-state index in [1.807, 2.05) is 29.3 Å². The first-order chi connectivity index (χ1) is 6.36. The molecule has 2 rings (SSSR count). The highest BCUT2D eigenvalue weighted by atomic mass is 19.1. The number of aromatic nitrogens is 1. The van der Waals surface area contributed by atoms with Gasteiger partial charge >= 0.3 is 0 Å². The second-order valence-corrected chi connectivity index (χ2v) is 2.76. The van der Waals surface area contributed by atoms with E-state index >= 15 is 0 Å². The molecule has 0 saturated heterocycles. The molecule has 1 aliphatic heterocycles. The first-order valence-corrected chi connectivity index (χ1v) is 4.08. The zero-order valence-corrected chi connectivity index (χ0v) is 7.02. The zero-order valence-electron chi connectivity index (χ0n) is 7.02. The molecule has 0 saturated carbocycles. The van der Waals surface area contributed by atoms with Crippen molar-refractivity contribution in [3.63, 3.8) is 0 Å². The smallest absolute Gasteiger partial charge is 0.214 e. The molecule has 0 aliphatic carbocycles. The third-order valence-electron chi connectivity index (χ3n) is 1.86. The molecule has 0 atom stereocenters. The van der Waals surface area contributed by atoms with Crippen LogP contribution >= 0.6 is 0 Å². The predicted octanol–water partition coefficient (Wildman–Crippen LogP) is 2.11. The topological polar surface area (TPSA) is 16.1 Å². The Bertz CT molecular complexity index is 358. The van der Waals surface area contributed by atoms with Crippen LogP contribution in [0.25, 0.3) is 0 Å². The molecule has 1 aliphatic rings. The fourth-order valence-corrected chi connectivity index (χ4v) is 1.23. The van der Waals surface area contributed by atoms with Gasteiger partial charge in [-0.3, -0.25) is 0 Å². The Balaban J connectivity index is 2.25. The molecule has 2 nitrogen and oxygen atoms in total. The summed E-state index contributed by atoms with van der Waals surface area (Å²) in [6, 6.07) is 3.20. The highest BCUT2D eigenvalue weighted by Gasteiger charge is 2.03. The van der Waals surface area contributed by atoms with E-state index in [1.54, 1.807) is 6.07 Å². The lowest BCUT2D eigenvalue weighted by Crippen LogP contribution is -2.17. The molecule has 0 unspecified atom stereocenters. The van der Waals surface area contributed by atoms with Gasteiger partial charge in [-0.15, -0.1) is 0 Å². The minimum Gasteiger partial charge on any atom is -0.344 e. The van der Waals surface area contributed by atoms with Crippen LogP contribution in [0.2, 0.25) is 0 Å². The van der Waals surface area contributed by atoms with E-state index in [4.69, 9.17) is 0 Å². The Kier molecular flexibility index (Phi) is 2.08. The Hall–Kier alpha value is -1.64. The van der Waals surface area contributed by atoms with Crippen LogP contribution in [0.15, 0.2) is 42.8 Å². The van der Waals surface area contributed by atoms with E-state index in [2.05, 4.69) is 4.98 Å². The van der Waals surface area contributed by atoms with Crippen molar-refractivity contribution in [1.82, 2.24) is 4.98 Å². The van der Waals surface area contributed by atoms with Crippen LogP contribution in [0.5, 0.6) is 0 Å². The number of nitrogens with zero attached hydrogens (tertiary/aromatic N) is 2. The third kappa shape index (κ3) is 1.75. The second-order valence-electron chi connectivity index (χ2n) is 2.76. The summed E-state index contributed by atoms with van der Waals surface area (Å²) in [6.07, 6.45) is 9.28. The Labute approximate surface area is 76.0 Å². The lowest BCUT2D eigenvalue weighted by molar-refractivity contribution is 0.583. The van der Waals surface area contributed by atoms with Gasteiger partial charge in [0, 0.05) is 30.7 Å². The summed E-state index contributed by atoms with van der Waals surface area (Å²) in [6.45, 7) is 0.778. The molecular weight excluding hydrogens is 167 g/mol. The molecular formula is C10H9FN2. The van der Waals surface area contributed by atoms with E-state index < -0.39 is 5.95 Å². The van der Waals surface area contributed by atoms with Gasteiger partial charge in [0.2, 0.25) is 5.95 Å². The van der Waals surface area contributed by atoms with Crippen LogP contribution in [0, 0.1) is 5.95 Å². The minimum atomic E-state index is -0.444. The molecule has 1 aromatic heterocycles. The highest BCUT2D eigenvalue weighted by molar-refractivity contribution is 5.50. The molecule has 0 N–H and O–H groups in total. The standard InChI is InChI=1S/C10H9FN2/c11-10-8-9(4-5-12-10)13-6-2-1-3-7-13/h1-6,8H,7H2. The van der Waals surface area contributed by atoms with Crippen molar-refractivity contribution in [1.29, 1.82) is 0 Å². The molecule has 2 heterocycles. The van der Waals surface area contributed by atoms with Gasteiger partial charge in [0.25, 0.3) is 0 Å². The number of halogens is 1. The molecule has 66 valence electrons. The van der Waals surface area contributed by atoms with E-state index in [9.17, 15) is 4.39 Å². The Morgan fingerprint density at radius 2 is 2.31 bits per heavy atom. The monoisotopic (exact) mass is 176 g/mol. The first kappa shape index (κ1) is 7.98. The third-order valence-corrected chi connectivity index (χ3v) is 1.86. The molecule has 0 fully saturated rings. The fraction of sp³-hybridized carbons (Fsp3) is 0.100. The largest absolute Gasteiger partial charge is 0.344 e. The number of allylic oxidation sites excluding steroid dienone is 2. The average molecular weight is 176 g/mol. The quantitative estimate of drug-likeness (QED) is 0.609. The van der Waals surface area contributed by atoms with Gasteiger partial charge in [-0.05, 0) is 12.1 Å². The lowest BCUT2D eigenvalue weighted by atomic mass is 10.3. The van der Waals surface area contributed by atoms with Gasteiger partial charge in [-0.1, -0.05) is 12.2 Å². The molecule has 1 aromatic rings. The maximum Gasteiger partial charge on any atom is 0.214 e. The molecule has 0 amide bonds. The van der Waals surface area contributed by atoms with Gasteiger partial charge in [0.1, 0.15) is 0 Å². The van der Waals surface area contributed by atoms with Crippen LogP contribution in [-0.4, -0.2) is 11.5 Å². The summed E-state index contributed by atoms with van der Waals surface area (Å²) in [4.78, 5) is 5.45. The van der Waals surface area contributed by atoms with Crippen LogP contribution in [0.1, 0.15) is 0 Å². The Morgan fingerprint density at radius 3 is 3.00 bits per heavy atom. The van der Waals surface area contributed by atoms with Gasteiger partial charge in [0.15, 0.2) is 0 Å². The van der Waals surface area contributed by atoms with Crippen LogP contribution in [0.4, 0.5) is 10.1 Å². The van der Waals surface area contributed by atoms with Crippen molar-refractivity contribution < 1.29 is 4.39 Å². The van der Waals surface area contributed by atoms with Gasteiger partial charge in [0.05, 0.1) is 0 Å². The molecule has 0 bridgehead atoms. The highest BCUT2D eigenvalue weighted by Crippen LogP contribution is 2.15. The molecule has 0 spiro atoms. The molecule has 13 heavy (non-hydrogen) atoms. The van der Waals surface area contributed by atoms with Crippen molar-refractivity contribution in [3.8, 4) is 0 Å². The summed E-state index contributed by atoms with van der Waals surface area (Å²) in [5, 5.41) is 0. The summed E-state index contributed by atoms with van der Waals surface area (Å²) in [7, 11) is 0. The van der Waals surface area contributed by atoms with E-state index in [0.29, 0.717) is 0 Å². The number of rotatable bonds is 1. The average Bonchev–Trinajstić information content (AvgIpc) is 2.19. The zero-order chi connectivity index (χ0) is 9.10. The van der Waals surface area contributed by atoms with Crippen molar-refractivity contribution in [2.24, 2.45) is 0 Å². The van der Waals surface area contributed by atoms with E-state index in [1.165, 1.54) is 12.3 Å². The normalized spacial score (nSPS) is 15.0. The minimum absolute atomic E-state index is 0.444. The molecule has 3 heteroatoms. The maximum absolute atomic E-state index is 12.7. The summed E-state index contributed by atoms with van der Waals surface area (Å²) in [5.41, 5.74) is 0.827. The maximum atomic E-state index is 12.7. The van der Waals surface area contributed by atoms with E-state index in [0.717, 1.165) is 12.2 Å². The van der Waals surface area contributed by atoms with E-state index in [-0.39, 0.29) is 0 Å². The Morgan fingerprint density at radius 1 is 1.38 bits per heavy atom. The molecule has 0 aromatic carbocycles. The number of pyridine rings is 1. The predicted molar refractivity (Wildman–Crippen MR) is 49.8 cm³/mol.